The number of nitrogens with zero attached hydrogens (tertiary/aromatic N) is 4. The fourth-order valence-electron chi connectivity index (χ4n) is 3.37. The molecule has 3 aromatic rings. The lowest BCUT2D eigenvalue weighted by Gasteiger charge is -2.43. The molecule has 0 amide bonds. The van der Waals surface area contributed by atoms with Gasteiger partial charge in [-0.1, -0.05) is 11.3 Å². The number of nitrogens with one attached hydrogen (secondary N) is 1. The van der Waals surface area contributed by atoms with Crippen LogP contribution in [0.4, 0.5) is 13.9 Å². The van der Waals surface area contributed by atoms with Gasteiger partial charge in [-0.2, -0.15) is 5.26 Å². The van der Waals surface area contributed by atoms with Crippen molar-refractivity contribution in [2.75, 3.05) is 11.9 Å². The molecule has 1 aliphatic rings. The fraction of sp³-hybridized carbons (Fsp3) is 0.333. The van der Waals surface area contributed by atoms with Crippen LogP contribution in [0.1, 0.15) is 29.0 Å². The van der Waals surface area contributed by atoms with Crippen molar-refractivity contribution in [1.29, 1.82) is 5.26 Å². The Kier molecular flexibility index (Phi) is 4.61. The van der Waals surface area contributed by atoms with E-state index in [1.807, 2.05) is 13.0 Å². The van der Waals surface area contributed by atoms with Crippen molar-refractivity contribution in [2.45, 2.75) is 31.4 Å². The van der Waals surface area contributed by atoms with Gasteiger partial charge >= 0.3 is 0 Å². The second-order valence-corrected chi connectivity index (χ2v) is 8.65. The molecular weight excluding hydrogens is 388 g/mol. The third kappa shape index (κ3) is 3.31. The number of thiophene rings is 1. The summed E-state index contributed by atoms with van der Waals surface area (Å²) in [5.41, 5.74) is 0.595. The standard InChI is InChI=1S/C18H15F2N5S2/c1-10-5-12(8-21)26-14(10)16-24-25-17(27-16)23-9-18(6-11(19)7-18)15-13(20)3-2-4-22-15/h2-5,11H,6-7,9H2,1H3,(H,23,25). The van der Waals surface area contributed by atoms with Gasteiger partial charge in [0, 0.05) is 18.2 Å². The maximum atomic E-state index is 14.2. The van der Waals surface area contributed by atoms with Crippen LogP contribution < -0.4 is 5.32 Å². The molecule has 0 atom stereocenters. The van der Waals surface area contributed by atoms with E-state index in [1.54, 1.807) is 0 Å². The number of rotatable bonds is 5. The highest BCUT2D eigenvalue weighted by Crippen LogP contribution is 2.46. The number of pyridine rings is 1. The van der Waals surface area contributed by atoms with Crippen LogP contribution >= 0.6 is 22.7 Å². The quantitative estimate of drug-likeness (QED) is 0.681. The Morgan fingerprint density at radius 2 is 2.19 bits per heavy atom. The number of hydrogen-bond donors (Lipinski definition) is 1. The smallest absolute Gasteiger partial charge is 0.206 e. The van der Waals surface area contributed by atoms with Crippen LogP contribution in [0.25, 0.3) is 9.88 Å². The van der Waals surface area contributed by atoms with E-state index in [0.717, 1.165) is 15.4 Å². The molecule has 0 aliphatic heterocycles. The predicted molar refractivity (Wildman–Crippen MR) is 101 cm³/mol. The number of anilines is 1. The largest absolute Gasteiger partial charge is 0.359 e. The van der Waals surface area contributed by atoms with Gasteiger partial charge in [0.1, 0.15) is 22.9 Å². The van der Waals surface area contributed by atoms with E-state index in [0.29, 0.717) is 22.2 Å². The molecule has 27 heavy (non-hydrogen) atoms. The average molecular weight is 403 g/mol. The highest BCUT2D eigenvalue weighted by atomic mass is 32.1. The van der Waals surface area contributed by atoms with Gasteiger partial charge in [0.25, 0.3) is 0 Å². The highest BCUT2D eigenvalue weighted by Gasteiger charge is 2.48. The summed E-state index contributed by atoms with van der Waals surface area (Å²) in [6, 6.07) is 6.84. The van der Waals surface area contributed by atoms with Crippen LogP contribution in [0.15, 0.2) is 24.4 Å². The third-order valence-corrected chi connectivity index (χ3v) is 6.89. The first-order valence-electron chi connectivity index (χ1n) is 8.34. The van der Waals surface area contributed by atoms with Gasteiger partial charge in [-0.25, -0.2) is 8.78 Å². The molecule has 3 heterocycles. The fourth-order valence-corrected chi connectivity index (χ4v) is 5.21. The molecule has 0 aromatic carbocycles. The maximum absolute atomic E-state index is 14.2. The molecule has 1 aliphatic carbocycles. The van der Waals surface area contributed by atoms with Crippen molar-refractivity contribution in [3.05, 3.63) is 46.3 Å². The minimum Gasteiger partial charge on any atom is -0.359 e. The average Bonchev–Trinajstić information content (AvgIpc) is 3.24. The molecule has 9 heteroatoms. The summed E-state index contributed by atoms with van der Waals surface area (Å²) >= 11 is 2.73. The molecule has 1 fully saturated rings. The van der Waals surface area contributed by atoms with E-state index in [-0.39, 0.29) is 12.8 Å². The molecule has 0 bridgehead atoms. The summed E-state index contributed by atoms with van der Waals surface area (Å²) in [6.45, 7) is 2.26. The minimum atomic E-state index is -0.948. The molecule has 138 valence electrons. The van der Waals surface area contributed by atoms with Gasteiger partial charge in [-0.15, -0.1) is 21.5 Å². The maximum Gasteiger partial charge on any atom is 0.206 e. The van der Waals surface area contributed by atoms with Crippen molar-refractivity contribution < 1.29 is 8.78 Å². The Labute approximate surface area is 162 Å². The van der Waals surface area contributed by atoms with Crippen LogP contribution in [-0.4, -0.2) is 27.9 Å². The Balaban J connectivity index is 1.53. The summed E-state index contributed by atoms with van der Waals surface area (Å²) in [7, 11) is 0. The lowest BCUT2D eigenvalue weighted by atomic mass is 9.65. The first-order valence-corrected chi connectivity index (χ1v) is 9.97. The number of alkyl halides is 1. The Hall–Kier alpha value is -2.44. The number of aromatic nitrogens is 3. The minimum absolute atomic E-state index is 0.231. The summed E-state index contributed by atoms with van der Waals surface area (Å²) in [5, 5.41) is 21.8. The van der Waals surface area contributed by atoms with E-state index in [1.165, 1.54) is 41.0 Å². The van der Waals surface area contributed by atoms with Crippen LogP contribution in [0.3, 0.4) is 0 Å². The molecule has 3 aromatic heterocycles. The van der Waals surface area contributed by atoms with Crippen molar-refractivity contribution in [2.24, 2.45) is 0 Å². The van der Waals surface area contributed by atoms with Crippen LogP contribution in [0, 0.1) is 24.1 Å². The van der Waals surface area contributed by atoms with E-state index in [4.69, 9.17) is 5.26 Å². The first-order chi connectivity index (χ1) is 13.0. The van der Waals surface area contributed by atoms with E-state index >= 15 is 0 Å². The van der Waals surface area contributed by atoms with Crippen LogP contribution in [0.2, 0.25) is 0 Å². The molecule has 0 radical (unpaired) electrons. The van der Waals surface area contributed by atoms with Crippen molar-refractivity contribution in [3.63, 3.8) is 0 Å². The molecular formula is C18H15F2N5S2. The van der Waals surface area contributed by atoms with Gasteiger partial charge in [-0.05, 0) is 43.5 Å². The summed E-state index contributed by atoms with van der Waals surface area (Å²) in [4.78, 5) is 5.69. The highest BCUT2D eigenvalue weighted by molar-refractivity contribution is 7.23. The summed E-state index contributed by atoms with van der Waals surface area (Å²) in [5.74, 6) is -0.414. The van der Waals surface area contributed by atoms with E-state index in [2.05, 4.69) is 26.6 Å². The first kappa shape index (κ1) is 17.9. The van der Waals surface area contributed by atoms with Crippen molar-refractivity contribution in [3.8, 4) is 16.0 Å². The summed E-state index contributed by atoms with van der Waals surface area (Å²) in [6.07, 6.45) is 1.04. The topological polar surface area (TPSA) is 74.5 Å². The molecule has 0 saturated heterocycles. The lowest BCUT2D eigenvalue weighted by molar-refractivity contribution is 0.0965. The second-order valence-electron chi connectivity index (χ2n) is 6.62. The second kappa shape index (κ2) is 6.94. The van der Waals surface area contributed by atoms with Crippen LogP contribution in [-0.2, 0) is 5.41 Å². The normalized spacial score (nSPS) is 21.5. The van der Waals surface area contributed by atoms with Gasteiger partial charge in [0.05, 0.1) is 10.6 Å². The number of nitriles is 1. The van der Waals surface area contributed by atoms with E-state index in [9.17, 15) is 8.78 Å². The van der Waals surface area contributed by atoms with Crippen LogP contribution in [0.5, 0.6) is 0 Å². The van der Waals surface area contributed by atoms with Gasteiger partial charge in [-0.3, -0.25) is 4.98 Å². The Morgan fingerprint density at radius 3 is 2.85 bits per heavy atom. The molecule has 1 N–H and O–H groups in total. The number of aryl methyl sites for hydroxylation is 1. The number of hydrogen-bond acceptors (Lipinski definition) is 7. The number of halogens is 2. The molecule has 0 spiro atoms. The zero-order chi connectivity index (χ0) is 19.0. The predicted octanol–water partition coefficient (Wildman–Crippen LogP) is 4.46. The molecule has 0 unspecified atom stereocenters. The third-order valence-electron chi connectivity index (χ3n) is 4.71. The van der Waals surface area contributed by atoms with Crippen molar-refractivity contribution in [1.82, 2.24) is 15.2 Å². The molecule has 4 rings (SSSR count). The zero-order valence-electron chi connectivity index (χ0n) is 14.4. The SMILES string of the molecule is Cc1cc(C#N)sc1-c1nnc(NCC2(c3ncccc3F)CC(F)C2)s1. The van der Waals surface area contributed by atoms with Crippen molar-refractivity contribution >= 4 is 27.8 Å². The summed E-state index contributed by atoms with van der Waals surface area (Å²) < 4.78 is 27.8. The molecule has 5 nitrogen and oxygen atoms in total. The van der Waals surface area contributed by atoms with Gasteiger partial charge < -0.3 is 5.32 Å². The van der Waals surface area contributed by atoms with E-state index < -0.39 is 17.4 Å². The zero-order valence-corrected chi connectivity index (χ0v) is 16.0. The monoisotopic (exact) mass is 403 g/mol. The molecule has 1 saturated carbocycles. The lowest BCUT2D eigenvalue weighted by Crippen LogP contribution is -2.48. The Morgan fingerprint density at radius 1 is 1.37 bits per heavy atom. The van der Waals surface area contributed by atoms with Gasteiger partial charge in [0.2, 0.25) is 5.13 Å². The van der Waals surface area contributed by atoms with Gasteiger partial charge in [0.15, 0.2) is 5.01 Å². The Bertz CT molecular complexity index is 1020.